The molecule has 0 aromatic heterocycles. The summed E-state index contributed by atoms with van der Waals surface area (Å²) in [6.45, 7) is 7.60. The summed E-state index contributed by atoms with van der Waals surface area (Å²) < 4.78 is 0. The molecule has 1 heteroatoms. The molecule has 0 saturated carbocycles. The number of allylic oxidation sites excluding steroid dienone is 3. The van der Waals surface area contributed by atoms with E-state index >= 15 is 0 Å². The van der Waals surface area contributed by atoms with Crippen molar-refractivity contribution in [3.63, 3.8) is 0 Å². The van der Waals surface area contributed by atoms with Gasteiger partial charge < -0.3 is 5.11 Å². The van der Waals surface area contributed by atoms with Gasteiger partial charge in [-0.1, -0.05) is 30.9 Å². The summed E-state index contributed by atoms with van der Waals surface area (Å²) in [5.41, 5.74) is 3.22. The summed E-state index contributed by atoms with van der Waals surface area (Å²) in [5.74, 6) is 0.385. The van der Waals surface area contributed by atoms with Crippen LogP contribution in [0, 0.1) is 13.8 Å². The highest BCUT2D eigenvalue weighted by Crippen LogP contribution is 2.23. The van der Waals surface area contributed by atoms with E-state index in [4.69, 9.17) is 0 Å². The lowest BCUT2D eigenvalue weighted by Gasteiger charge is -2.07. The van der Waals surface area contributed by atoms with E-state index in [-0.39, 0.29) is 0 Å². The van der Waals surface area contributed by atoms with Gasteiger partial charge in [-0.2, -0.15) is 0 Å². The second kappa shape index (κ2) is 4.66. The molecule has 0 amide bonds. The molecule has 0 radical (unpaired) electrons. The first kappa shape index (κ1) is 10.6. The van der Waals surface area contributed by atoms with Gasteiger partial charge in [0.2, 0.25) is 0 Å². The highest BCUT2D eigenvalue weighted by molar-refractivity contribution is 5.43. The molecule has 14 heavy (non-hydrogen) atoms. The molecule has 0 atom stereocenters. The van der Waals surface area contributed by atoms with Crippen LogP contribution in [0.2, 0.25) is 0 Å². The lowest BCUT2D eigenvalue weighted by atomic mass is 10.0. The Kier molecular flexibility index (Phi) is 3.52. The van der Waals surface area contributed by atoms with Crippen LogP contribution in [0.4, 0.5) is 0 Å². The van der Waals surface area contributed by atoms with Crippen molar-refractivity contribution < 1.29 is 5.11 Å². The molecule has 1 aromatic carbocycles. The molecule has 74 valence electrons. The normalized spacial score (nSPS) is 10.7. The van der Waals surface area contributed by atoms with Crippen LogP contribution in [-0.2, 0) is 6.42 Å². The molecule has 0 aliphatic rings. The predicted octanol–water partition coefficient (Wildman–Crippen LogP) is 3.29. The molecular formula is C13H16O. The number of hydrogen-bond acceptors (Lipinski definition) is 1. The maximum absolute atomic E-state index is 9.71. The van der Waals surface area contributed by atoms with Crippen molar-refractivity contribution >= 4 is 0 Å². The van der Waals surface area contributed by atoms with Gasteiger partial charge in [0.25, 0.3) is 0 Å². The van der Waals surface area contributed by atoms with Crippen LogP contribution in [0.15, 0.2) is 36.9 Å². The number of rotatable bonds is 3. The Balaban J connectivity index is 2.96. The Labute approximate surface area is 85.4 Å². The van der Waals surface area contributed by atoms with E-state index in [9.17, 15) is 5.11 Å². The molecule has 0 spiro atoms. The summed E-state index contributed by atoms with van der Waals surface area (Å²) in [6.07, 6.45) is 6.37. The smallest absolute Gasteiger partial charge is 0.119 e. The minimum absolute atomic E-state index is 0.385. The number of benzene rings is 1. The van der Waals surface area contributed by atoms with Gasteiger partial charge in [-0.25, -0.2) is 0 Å². The minimum atomic E-state index is 0.385. The van der Waals surface area contributed by atoms with E-state index in [1.165, 1.54) is 0 Å². The van der Waals surface area contributed by atoms with E-state index in [0.29, 0.717) is 5.75 Å². The lowest BCUT2D eigenvalue weighted by Crippen LogP contribution is -1.89. The van der Waals surface area contributed by atoms with Crippen LogP contribution < -0.4 is 0 Å². The number of phenolic OH excluding ortho intramolecular Hbond substituents is 1. The zero-order valence-corrected chi connectivity index (χ0v) is 8.75. The van der Waals surface area contributed by atoms with Crippen molar-refractivity contribution in [1.29, 1.82) is 0 Å². The van der Waals surface area contributed by atoms with Crippen LogP contribution in [0.5, 0.6) is 5.75 Å². The Morgan fingerprint density at radius 1 is 1.36 bits per heavy atom. The minimum Gasteiger partial charge on any atom is -0.508 e. The van der Waals surface area contributed by atoms with E-state index in [0.717, 1.165) is 23.1 Å². The van der Waals surface area contributed by atoms with E-state index in [1.807, 2.05) is 26.0 Å². The average Bonchev–Trinajstić information content (AvgIpc) is 2.09. The van der Waals surface area contributed by atoms with Gasteiger partial charge in [-0.15, -0.1) is 0 Å². The predicted molar refractivity (Wildman–Crippen MR) is 60.6 cm³/mol. The van der Waals surface area contributed by atoms with Gasteiger partial charge in [0.1, 0.15) is 5.75 Å². The number of aryl methyl sites for hydroxylation is 2. The highest BCUT2D eigenvalue weighted by atomic mass is 16.3. The van der Waals surface area contributed by atoms with Gasteiger partial charge in [0.15, 0.2) is 0 Å². The fourth-order valence-corrected chi connectivity index (χ4v) is 1.52. The summed E-state index contributed by atoms with van der Waals surface area (Å²) in [5, 5.41) is 9.71. The zero-order valence-electron chi connectivity index (χ0n) is 8.75. The molecule has 0 aliphatic heterocycles. The standard InChI is InChI=1S/C13H16O/c1-4-5-6-7-12-11(3)8-10(2)9-13(12)14/h4-6,8-9,14H,1,7H2,2-3H3/b6-5+. The number of hydrogen-bond donors (Lipinski definition) is 1. The third-order valence-corrected chi connectivity index (χ3v) is 2.19. The first-order chi connectivity index (χ1) is 6.65. The van der Waals surface area contributed by atoms with Crippen molar-refractivity contribution in [3.05, 3.63) is 53.6 Å². The van der Waals surface area contributed by atoms with E-state index in [2.05, 4.69) is 12.6 Å². The number of aromatic hydroxyl groups is 1. The van der Waals surface area contributed by atoms with Crippen molar-refractivity contribution in [1.82, 2.24) is 0 Å². The third-order valence-electron chi connectivity index (χ3n) is 2.19. The molecule has 1 nitrogen and oxygen atoms in total. The molecule has 0 unspecified atom stereocenters. The third kappa shape index (κ3) is 2.49. The highest BCUT2D eigenvalue weighted by Gasteiger charge is 2.03. The Bertz CT molecular complexity index is 338. The van der Waals surface area contributed by atoms with Crippen LogP contribution in [-0.4, -0.2) is 5.11 Å². The fraction of sp³-hybridized carbons (Fsp3) is 0.231. The Hall–Kier alpha value is -1.50. The zero-order chi connectivity index (χ0) is 10.6. The van der Waals surface area contributed by atoms with Crippen molar-refractivity contribution in [2.75, 3.05) is 0 Å². The fourth-order valence-electron chi connectivity index (χ4n) is 1.52. The molecule has 1 aromatic rings. The molecule has 1 N–H and O–H groups in total. The first-order valence-electron chi connectivity index (χ1n) is 4.72. The molecule has 0 bridgehead atoms. The van der Waals surface area contributed by atoms with Gasteiger partial charge in [0, 0.05) is 5.56 Å². The largest absolute Gasteiger partial charge is 0.508 e. The maximum Gasteiger partial charge on any atom is 0.119 e. The molecule has 0 fully saturated rings. The molecule has 0 saturated heterocycles. The maximum atomic E-state index is 9.71. The Morgan fingerprint density at radius 3 is 2.64 bits per heavy atom. The SMILES string of the molecule is C=C/C=C/Cc1c(C)cc(C)cc1O. The molecular weight excluding hydrogens is 172 g/mol. The van der Waals surface area contributed by atoms with Gasteiger partial charge >= 0.3 is 0 Å². The summed E-state index contributed by atoms with van der Waals surface area (Å²) >= 11 is 0. The lowest BCUT2D eigenvalue weighted by molar-refractivity contribution is 0.468. The van der Waals surface area contributed by atoms with Crippen molar-refractivity contribution in [2.24, 2.45) is 0 Å². The van der Waals surface area contributed by atoms with E-state index in [1.54, 1.807) is 12.1 Å². The summed E-state index contributed by atoms with van der Waals surface area (Å²) in [6, 6.07) is 3.88. The first-order valence-corrected chi connectivity index (χ1v) is 4.72. The van der Waals surface area contributed by atoms with Crippen LogP contribution in [0.3, 0.4) is 0 Å². The van der Waals surface area contributed by atoms with Crippen molar-refractivity contribution in [3.8, 4) is 5.75 Å². The van der Waals surface area contributed by atoms with Crippen LogP contribution in [0.25, 0.3) is 0 Å². The second-order valence-corrected chi connectivity index (χ2v) is 3.45. The second-order valence-electron chi connectivity index (χ2n) is 3.45. The summed E-state index contributed by atoms with van der Waals surface area (Å²) in [4.78, 5) is 0. The van der Waals surface area contributed by atoms with Gasteiger partial charge in [-0.3, -0.25) is 0 Å². The average molecular weight is 188 g/mol. The van der Waals surface area contributed by atoms with Crippen molar-refractivity contribution in [2.45, 2.75) is 20.3 Å². The monoisotopic (exact) mass is 188 g/mol. The van der Waals surface area contributed by atoms with Gasteiger partial charge in [-0.05, 0) is 37.5 Å². The summed E-state index contributed by atoms with van der Waals surface area (Å²) in [7, 11) is 0. The van der Waals surface area contributed by atoms with Crippen LogP contribution >= 0.6 is 0 Å². The van der Waals surface area contributed by atoms with Crippen LogP contribution in [0.1, 0.15) is 16.7 Å². The van der Waals surface area contributed by atoms with E-state index < -0.39 is 0 Å². The quantitative estimate of drug-likeness (QED) is 0.722. The number of phenols is 1. The topological polar surface area (TPSA) is 20.2 Å². The van der Waals surface area contributed by atoms with Gasteiger partial charge in [0.05, 0.1) is 0 Å². The molecule has 0 heterocycles. The Morgan fingerprint density at radius 2 is 2.07 bits per heavy atom. The molecule has 0 aliphatic carbocycles. The molecule has 1 rings (SSSR count).